The van der Waals surface area contributed by atoms with Crippen LogP contribution >= 0.6 is 11.8 Å². The maximum Gasteiger partial charge on any atom is 0.357 e. The van der Waals surface area contributed by atoms with Crippen LogP contribution in [0.2, 0.25) is 0 Å². The quantitative estimate of drug-likeness (QED) is 0.678. The lowest BCUT2D eigenvalue weighted by molar-refractivity contribution is 0.0685. The van der Waals surface area contributed by atoms with E-state index in [1.807, 2.05) is 0 Å². The molecule has 0 aliphatic rings. The molecule has 0 saturated carbocycles. The molecule has 0 fully saturated rings. The number of thioether (sulfide) groups is 1. The number of hydrogen-bond donors (Lipinski definition) is 2. The predicted molar refractivity (Wildman–Crippen MR) is 46.8 cm³/mol. The van der Waals surface area contributed by atoms with Gasteiger partial charge in [0.25, 0.3) is 0 Å². The highest BCUT2D eigenvalue weighted by atomic mass is 32.2. The fraction of sp³-hybridized carbons (Fsp3) is 0.286. The SMILES string of the molecule is O=C(O)c1nccnc1SCCO. The van der Waals surface area contributed by atoms with E-state index in [4.69, 9.17) is 10.2 Å². The van der Waals surface area contributed by atoms with E-state index in [0.29, 0.717) is 10.8 Å². The summed E-state index contributed by atoms with van der Waals surface area (Å²) in [5.74, 6) is -0.688. The Bertz CT molecular complexity index is 306. The van der Waals surface area contributed by atoms with Gasteiger partial charge in [0.05, 0.1) is 6.61 Å². The zero-order chi connectivity index (χ0) is 9.68. The number of carboxylic acid groups (broad SMARTS) is 1. The van der Waals surface area contributed by atoms with Crippen LogP contribution in [0.5, 0.6) is 0 Å². The van der Waals surface area contributed by atoms with Gasteiger partial charge in [-0.3, -0.25) is 0 Å². The lowest BCUT2D eigenvalue weighted by Crippen LogP contribution is -2.04. The molecule has 0 saturated heterocycles. The Balaban J connectivity index is 2.84. The van der Waals surface area contributed by atoms with Crippen LogP contribution in [-0.4, -0.2) is 38.5 Å². The lowest BCUT2D eigenvalue weighted by Gasteiger charge is -2.00. The molecule has 1 rings (SSSR count). The highest BCUT2D eigenvalue weighted by molar-refractivity contribution is 7.99. The van der Waals surface area contributed by atoms with Gasteiger partial charge in [0.2, 0.25) is 0 Å². The van der Waals surface area contributed by atoms with E-state index in [1.54, 1.807) is 0 Å². The minimum atomic E-state index is -1.10. The van der Waals surface area contributed by atoms with E-state index in [9.17, 15) is 4.79 Å². The molecule has 0 aliphatic heterocycles. The summed E-state index contributed by atoms with van der Waals surface area (Å²) in [6.45, 7) is -0.0136. The van der Waals surface area contributed by atoms with Gasteiger partial charge < -0.3 is 10.2 Å². The normalized spacial score (nSPS) is 9.92. The van der Waals surface area contributed by atoms with Crippen LogP contribution in [0.25, 0.3) is 0 Å². The van der Waals surface area contributed by atoms with E-state index >= 15 is 0 Å². The fourth-order valence-corrected chi connectivity index (χ4v) is 1.42. The van der Waals surface area contributed by atoms with Gasteiger partial charge >= 0.3 is 5.97 Å². The number of nitrogens with zero attached hydrogens (tertiary/aromatic N) is 2. The Hall–Kier alpha value is -1.14. The number of aliphatic hydroxyl groups excluding tert-OH is 1. The maximum atomic E-state index is 10.6. The summed E-state index contributed by atoms with van der Waals surface area (Å²) in [4.78, 5) is 18.1. The third-order valence-electron chi connectivity index (χ3n) is 1.20. The summed E-state index contributed by atoms with van der Waals surface area (Å²) in [6.07, 6.45) is 2.75. The van der Waals surface area contributed by atoms with Gasteiger partial charge in [-0.25, -0.2) is 14.8 Å². The number of aliphatic hydroxyl groups is 1. The molecule has 2 N–H and O–H groups in total. The summed E-state index contributed by atoms with van der Waals surface area (Å²) < 4.78 is 0. The van der Waals surface area contributed by atoms with Crippen molar-refractivity contribution < 1.29 is 15.0 Å². The van der Waals surface area contributed by atoms with Crippen LogP contribution < -0.4 is 0 Å². The van der Waals surface area contributed by atoms with Crippen LogP contribution in [0.1, 0.15) is 10.5 Å². The summed E-state index contributed by atoms with van der Waals surface area (Å²) in [5.41, 5.74) is -0.0686. The summed E-state index contributed by atoms with van der Waals surface area (Å²) >= 11 is 1.17. The van der Waals surface area contributed by atoms with Crippen molar-refractivity contribution in [3.05, 3.63) is 18.1 Å². The van der Waals surface area contributed by atoms with Gasteiger partial charge in [-0.05, 0) is 0 Å². The zero-order valence-electron chi connectivity index (χ0n) is 6.67. The van der Waals surface area contributed by atoms with Crippen molar-refractivity contribution in [3.63, 3.8) is 0 Å². The first-order valence-corrected chi connectivity index (χ1v) is 4.52. The molecule has 0 unspecified atom stereocenters. The van der Waals surface area contributed by atoms with Gasteiger partial charge in [0.1, 0.15) is 5.03 Å². The number of carboxylic acids is 1. The molecule has 13 heavy (non-hydrogen) atoms. The molecule has 1 heterocycles. The highest BCUT2D eigenvalue weighted by Gasteiger charge is 2.11. The van der Waals surface area contributed by atoms with E-state index in [0.717, 1.165) is 0 Å². The molecule has 1 aromatic rings. The van der Waals surface area contributed by atoms with Gasteiger partial charge in [0.15, 0.2) is 5.69 Å². The van der Waals surface area contributed by atoms with Crippen molar-refractivity contribution in [2.75, 3.05) is 12.4 Å². The molecule has 0 aliphatic carbocycles. The number of carbonyl (C=O) groups is 1. The molecule has 5 nitrogen and oxygen atoms in total. The number of hydrogen-bond acceptors (Lipinski definition) is 5. The van der Waals surface area contributed by atoms with Crippen LogP contribution in [0.15, 0.2) is 17.4 Å². The largest absolute Gasteiger partial charge is 0.476 e. The Kier molecular flexibility index (Phi) is 3.66. The molecule has 0 atom stereocenters. The molecule has 0 radical (unpaired) electrons. The van der Waals surface area contributed by atoms with E-state index in [2.05, 4.69) is 9.97 Å². The average molecular weight is 200 g/mol. The summed E-state index contributed by atoms with van der Waals surface area (Å²) in [7, 11) is 0. The Morgan fingerprint density at radius 1 is 1.46 bits per heavy atom. The monoisotopic (exact) mass is 200 g/mol. The number of aromatic carboxylic acids is 1. The minimum Gasteiger partial charge on any atom is -0.476 e. The number of aromatic nitrogens is 2. The molecule has 0 spiro atoms. The second-order valence-corrected chi connectivity index (χ2v) is 3.17. The van der Waals surface area contributed by atoms with E-state index < -0.39 is 5.97 Å². The van der Waals surface area contributed by atoms with Crippen LogP contribution in [0.4, 0.5) is 0 Å². The fourth-order valence-electron chi connectivity index (χ4n) is 0.720. The molecular formula is C7H8N2O3S. The topological polar surface area (TPSA) is 83.3 Å². The van der Waals surface area contributed by atoms with Gasteiger partial charge in [-0.1, -0.05) is 0 Å². The van der Waals surface area contributed by atoms with Gasteiger partial charge in [-0.2, -0.15) is 0 Å². The predicted octanol–water partition coefficient (Wildman–Crippen LogP) is 0.259. The third-order valence-corrected chi connectivity index (χ3v) is 2.16. The van der Waals surface area contributed by atoms with Gasteiger partial charge in [-0.15, -0.1) is 11.8 Å². The standard InChI is InChI=1S/C7H8N2O3S/c10-3-4-13-6-5(7(11)12)8-1-2-9-6/h1-2,10H,3-4H2,(H,11,12). The summed E-state index contributed by atoms with van der Waals surface area (Å²) in [6, 6.07) is 0. The van der Waals surface area contributed by atoms with Crippen molar-refractivity contribution in [2.45, 2.75) is 5.03 Å². The van der Waals surface area contributed by atoms with E-state index in [-0.39, 0.29) is 12.3 Å². The maximum absolute atomic E-state index is 10.6. The van der Waals surface area contributed by atoms with Crippen LogP contribution in [0.3, 0.4) is 0 Å². The molecule has 0 bridgehead atoms. The Morgan fingerprint density at radius 3 is 2.77 bits per heavy atom. The third kappa shape index (κ3) is 2.67. The highest BCUT2D eigenvalue weighted by Crippen LogP contribution is 2.17. The second-order valence-electron chi connectivity index (χ2n) is 2.09. The first-order valence-electron chi connectivity index (χ1n) is 3.53. The van der Waals surface area contributed by atoms with Crippen molar-refractivity contribution >= 4 is 17.7 Å². The molecule has 0 amide bonds. The lowest BCUT2D eigenvalue weighted by atomic mass is 10.5. The van der Waals surface area contributed by atoms with Gasteiger partial charge in [0, 0.05) is 18.1 Å². The van der Waals surface area contributed by atoms with Crippen molar-refractivity contribution in [1.82, 2.24) is 9.97 Å². The van der Waals surface area contributed by atoms with Crippen molar-refractivity contribution in [2.24, 2.45) is 0 Å². The molecule has 0 aromatic carbocycles. The van der Waals surface area contributed by atoms with Crippen molar-refractivity contribution in [3.8, 4) is 0 Å². The molecular weight excluding hydrogens is 192 g/mol. The Labute approximate surface area is 78.8 Å². The Morgan fingerprint density at radius 2 is 2.15 bits per heavy atom. The van der Waals surface area contributed by atoms with Crippen molar-refractivity contribution in [1.29, 1.82) is 0 Å². The molecule has 70 valence electrons. The summed E-state index contributed by atoms with van der Waals surface area (Å²) in [5, 5.41) is 17.6. The second kappa shape index (κ2) is 4.78. The molecule has 6 heteroatoms. The minimum absolute atomic E-state index is 0.0136. The van der Waals surface area contributed by atoms with E-state index in [1.165, 1.54) is 24.2 Å². The smallest absolute Gasteiger partial charge is 0.357 e. The average Bonchev–Trinajstić information content (AvgIpc) is 2.15. The molecule has 1 aromatic heterocycles. The first-order chi connectivity index (χ1) is 6.25. The van der Waals surface area contributed by atoms with Crippen LogP contribution in [0, 0.1) is 0 Å². The zero-order valence-corrected chi connectivity index (χ0v) is 7.49. The van der Waals surface area contributed by atoms with Crippen LogP contribution in [-0.2, 0) is 0 Å². The number of rotatable bonds is 4. The first kappa shape index (κ1) is 9.94.